The second-order valence-corrected chi connectivity index (χ2v) is 3.57. The third-order valence-corrected chi connectivity index (χ3v) is 2.07. The van der Waals surface area contributed by atoms with Crippen LogP contribution in [-0.2, 0) is 14.3 Å². The molecule has 0 aromatic heterocycles. The Balaban J connectivity index is 3.35. The summed E-state index contributed by atoms with van der Waals surface area (Å²) in [5.74, 6) is 0.0405. The lowest BCUT2D eigenvalue weighted by Crippen LogP contribution is -2.43. The van der Waals surface area contributed by atoms with Crippen LogP contribution >= 0.6 is 0 Å². The lowest BCUT2D eigenvalue weighted by atomic mass is 10.3. The average Bonchev–Trinajstić information content (AvgIpc) is 2.30. The SMILES string of the molecule is CCCNC(=O)C(C)NCCOCCOC. The van der Waals surface area contributed by atoms with Gasteiger partial charge in [-0.1, -0.05) is 6.92 Å². The predicted molar refractivity (Wildman–Crippen MR) is 63.5 cm³/mol. The number of carbonyl (C=O) groups is 1. The molecule has 1 unspecified atom stereocenters. The molecule has 0 aromatic rings. The van der Waals surface area contributed by atoms with Crippen LogP contribution in [0.2, 0.25) is 0 Å². The summed E-state index contributed by atoms with van der Waals surface area (Å²) in [6, 6.07) is -0.169. The van der Waals surface area contributed by atoms with Crippen LogP contribution in [0.5, 0.6) is 0 Å². The third-order valence-electron chi connectivity index (χ3n) is 2.07. The van der Waals surface area contributed by atoms with Gasteiger partial charge in [-0.25, -0.2) is 0 Å². The Morgan fingerprint density at radius 1 is 1.25 bits per heavy atom. The molecule has 0 aliphatic carbocycles. The summed E-state index contributed by atoms with van der Waals surface area (Å²) in [7, 11) is 1.64. The quantitative estimate of drug-likeness (QED) is 0.527. The van der Waals surface area contributed by atoms with Crippen molar-refractivity contribution in [2.45, 2.75) is 26.3 Å². The minimum atomic E-state index is -0.169. The minimum Gasteiger partial charge on any atom is -0.382 e. The van der Waals surface area contributed by atoms with Crippen molar-refractivity contribution in [1.29, 1.82) is 0 Å². The van der Waals surface area contributed by atoms with Crippen molar-refractivity contribution >= 4 is 5.91 Å². The molecule has 16 heavy (non-hydrogen) atoms. The number of carbonyl (C=O) groups excluding carboxylic acids is 1. The Morgan fingerprint density at radius 2 is 2.00 bits per heavy atom. The lowest BCUT2D eigenvalue weighted by molar-refractivity contribution is -0.122. The summed E-state index contributed by atoms with van der Waals surface area (Å²) in [6.07, 6.45) is 0.957. The van der Waals surface area contributed by atoms with E-state index in [1.54, 1.807) is 7.11 Å². The number of hydrogen-bond donors (Lipinski definition) is 2. The number of rotatable bonds is 10. The fraction of sp³-hybridized carbons (Fsp3) is 0.909. The van der Waals surface area contributed by atoms with Crippen LogP contribution in [-0.4, -0.2) is 52.0 Å². The molecule has 5 heteroatoms. The Kier molecular flexibility index (Phi) is 10.4. The summed E-state index contributed by atoms with van der Waals surface area (Å²) in [5, 5.41) is 5.92. The van der Waals surface area contributed by atoms with E-state index in [9.17, 15) is 4.79 Å². The second kappa shape index (κ2) is 10.9. The normalized spacial score (nSPS) is 12.4. The summed E-state index contributed by atoms with van der Waals surface area (Å²) in [5.41, 5.74) is 0. The molecule has 2 N–H and O–H groups in total. The topological polar surface area (TPSA) is 59.6 Å². The summed E-state index contributed by atoms with van der Waals surface area (Å²) >= 11 is 0. The molecule has 0 bridgehead atoms. The minimum absolute atomic E-state index is 0.0405. The summed E-state index contributed by atoms with van der Waals surface area (Å²) < 4.78 is 10.1. The fourth-order valence-corrected chi connectivity index (χ4v) is 1.09. The largest absolute Gasteiger partial charge is 0.382 e. The van der Waals surface area contributed by atoms with Gasteiger partial charge in [0, 0.05) is 20.2 Å². The van der Waals surface area contributed by atoms with Gasteiger partial charge in [0.25, 0.3) is 0 Å². The first kappa shape index (κ1) is 15.3. The molecule has 0 rings (SSSR count). The van der Waals surface area contributed by atoms with Gasteiger partial charge in [-0.15, -0.1) is 0 Å². The van der Waals surface area contributed by atoms with Crippen LogP contribution in [0.25, 0.3) is 0 Å². The molecule has 0 saturated carbocycles. The molecular formula is C11H24N2O3. The van der Waals surface area contributed by atoms with Gasteiger partial charge in [-0.2, -0.15) is 0 Å². The molecule has 96 valence electrons. The van der Waals surface area contributed by atoms with Crippen LogP contribution < -0.4 is 10.6 Å². The van der Waals surface area contributed by atoms with Gasteiger partial charge >= 0.3 is 0 Å². The average molecular weight is 232 g/mol. The van der Waals surface area contributed by atoms with E-state index in [1.165, 1.54) is 0 Å². The van der Waals surface area contributed by atoms with E-state index in [4.69, 9.17) is 9.47 Å². The van der Waals surface area contributed by atoms with Gasteiger partial charge < -0.3 is 20.1 Å². The number of ether oxygens (including phenoxy) is 2. The predicted octanol–water partition coefficient (Wildman–Crippen LogP) is 0.154. The van der Waals surface area contributed by atoms with Gasteiger partial charge in [-0.05, 0) is 13.3 Å². The van der Waals surface area contributed by atoms with Gasteiger partial charge in [0.15, 0.2) is 0 Å². The molecule has 1 amide bonds. The molecule has 0 fully saturated rings. The monoisotopic (exact) mass is 232 g/mol. The molecule has 0 saturated heterocycles. The molecule has 0 aliphatic rings. The zero-order chi connectivity index (χ0) is 12.2. The van der Waals surface area contributed by atoms with Crippen molar-refractivity contribution in [1.82, 2.24) is 10.6 Å². The van der Waals surface area contributed by atoms with Crippen LogP contribution in [0.3, 0.4) is 0 Å². The Morgan fingerprint density at radius 3 is 2.62 bits per heavy atom. The number of amides is 1. The van der Waals surface area contributed by atoms with Gasteiger partial charge in [0.05, 0.1) is 25.9 Å². The number of nitrogens with one attached hydrogen (secondary N) is 2. The smallest absolute Gasteiger partial charge is 0.236 e. The highest BCUT2D eigenvalue weighted by Crippen LogP contribution is 1.83. The van der Waals surface area contributed by atoms with E-state index in [2.05, 4.69) is 10.6 Å². The molecule has 0 radical (unpaired) electrons. The van der Waals surface area contributed by atoms with Crippen molar-refractivity contribution in [3.63, 3.8) is 0 Å². The summed E-state index contributed by atoms with van der Waals surface area (Å²) in [4.78, 5) is 11.4. The zero-order valence-corrected chi connectivity index (χ0v) is 10.5. The first-order valence-electron chi connectivity index (χ1n) is 5.80. The standard InChI is InChI=1S/C11H24N2O3/c1-4-5-13-11(14)10(2)12-6-7-16-9-8-15-3/h10,12H,4-9H2,1-3H3,(H,13,14). The Hall–Kier alpha value is -0.650. The fourth-order valence-electron chi connectivity index (χ4n) is 1.09. The molecule has 0 aliphatic heterocycles. The van der Waals surface area contributed by atoms with E-state index in [0.717, 1.165) is 13.0 Å². The van der Waals surface area contributed by atoms with Gasteiger partial charge in [-0.3, -0.25) is 4.79 Å². The number of methoxy groups -OCH3 is 1. The van der Waals surface area contributed by atoms with Crippen LogP contribution in [0, 0.1) is 0 Å². The van der Waals surface area contributed by atoms with Crippen molar-refractivity contribution in [3.8, 4) is 0 Å². The summed E-state index contributed by atoms with van der Waals surface area (Å²) in [6.45, 7) is 7.07. The molecule has 0 heterocycles. The molecule has 5 nitrogen and oxygen atoms in total. The van der Waals surface area contributed by atoms with Crippen LogP contribution in [0.4, 0.5) is 0 Å². The van der Waals surface area contributed by atoms with E-state index in [1.807, 2.05) is 13.8 Å². The second-order valence-electron chi connectivity index (χ2n) is 3.57. The maximum atomic E-state index is 11.4. The van der Waals surface area contributed by atoms with Crippen molar-refractivity contribution < 1.29 is 14.3 Å². The van der Waals surface area contributed by atoms with Crippen molar-refractivity contribution in [2.75, 3.05) is 40.0 Å². The first-order chi connectivity index (χ1) is 7.72. The van der Waals surface area contributed by atoms with E-state index in [0.29, 0.717) is 26.4 Å². The van der Waals surface area contributed by atoms with E-state index in [-0.39, 0.29) is 11.9 Å². The maximum Gasteiger partial charge on any atom is 0.236 e. The van der Waals surface area contributed by atoms with Gasteiger partial charge in [0.1, 0.15) is 0 Å². The van der Waals surface area contributed by atoms with Crippen molar-refractivity contribution in [3.05, 3.63) is 0 Å². The highest BCUT2D eigenvalue weighted by molar-refractivity contribution is 5.81. The zero-order valence-electron chi connectivity index (χ0n) is 10.5. The van der Waals surface area contributed by atoms with E-state index < -0.39 is 0 Å². The third kappa shape index (κ3) is 8.64. The molecular weight excluding hydrogens is 208 g/mol. The highest BCUT2D eigenvalue weighted by atomic mass is 16.5. The Bertz CT molecular complexity index is 177. The maximum absolute atomic E-state index is 11.4. The highest BCUT2D eigenvalue weighted by Gasteiger charge is 2.09. The molecule has 0 spiro atoms. The van der Waals surface area contributed by atoms with Crippen molar-refractivity contribution in [2.24, 2.45) is 0 Å². The van der Waals surface area contributed by atoms with Gasteiger partial charge in [0.2, 0.25) is 5.91 Å². The lowest BCUT2D eigenvalue weighted by Gasteiger charge is -2.13. The Labute approximate surface area is 97.9 Å². The molecule has 0 aromatic carbocycles. The molecule has 1 atom stereocenters. The number of hydrogen-bond acceptors (Lipinski definition) is 4. The van der Waals surface area contributed by atoms with Crippen LogP contribution in [0.1, 0.15) is 20.3 Å². The van der Waals surface area contributed by atoms with Crippen LogP contribution in [0.15, 0.2) is 0 Å². The van der Waals surface area contributed by atoms with E-state index >= 15 is 0 Å². The first-order valence-corrected chi connectivity index (χ1v) is 5.80.